The summed E-state index contributed by atoms with van der Waals surface area (Å²) in [6.45, 7) is 13.3. The maximum atomic E-state index is 5.76. The molecule has 0 aliphatic carbocycles. The van der Waals surface area contributed by atoms with Crippen LogP contribution in [0.25, 0.3) is 0 Å². The van der Waals surface area contributed by atoms with Gasteiger partial charge in [0.25, 0.3) is 0 Å². The number of aliphatic imine (C=N–C) groups is 1. The topological polar surface area (TPSA) is 40.1 Å². The SMILES string of the molecule is CCOC1CCN(C(=NC)NCc2ccccc2CN(CC)CC)CC1. The Hall–Kier alpha value is -1.59. The number of piperidine rings is 1. The predicted octanol–water partition coefficient (Wildman–Crippen LogP) is 3.10. The monoisotopic (exact) mass is 360 g/mol. The summed E-state index contributed by atoms with van der Waals surface area (Å²) in [5.74, 6) is 0.998. The molecule has 1 saturated heterocycles. The molecule has 0 spiro atoms. The van der Waals surface area contributed by atoms with Crippen molar-refractivity contribution in [1.29, 1.82) is 0 Å². The molecule has 0 unspecified atom stereocenters. The fourth-order valence-electron chi connectivity index (χ4n) is 3.55. The summed E-state index contributed by atoms with van der Waals surface area (Å²) in [6, 6.07) is 8.72. The van der Waals surface area contributed by atoms with Crippen LogP contribution in [-0.2, 0) is 17.8 Å². The molecule has 1 N–H and O–H groups in total. The van der Waals surface area contributed by atoms with Crippen LogP contribution in [0.1, 0.15) is 44.7 Å². The zero-order valence-corrected chi connectivity index (χ0v) is 17.0. The first-order valence-corrected chi connectivity index (χ1v) is 10.1. The minimum Gasteiger partial charge on any atom is -0.378 e. The smallest absolute Gasteiger partial charge is 0.193 e. The number of guanidine groups is 1. The number of hydrogen-bond acceptors (Lipinski definition) is 3. The van der Waals surface area contributed by atoms with Gasteiger partial charge in [0.15, 0.2) is 5.96 Å². The molecular formula is C21H36N4O. The van der Waals surface area contributed by atoms with E-state index in [2.05, 4.69) is 65.1 Å². The van der Waals surface area contributed by atoms with Crippen LogP contribution in [0.5, 0.6) is 0 Å². The molecule has 1 aromatic carbocycles. The van der Waals surface area contributed by atoms with Gasteiger partial charge in [-0.25, -0.2) is 0 Å². The van der Waals surface area contributed by atoms with E-state index in [-0.39, 0.29) is 0 Å². The fraction of sp³-hybridized carbons (Fsp3) is 0.667. The van der Waals surface area contributed by atoms with Gasteiger partial charge in [-0.2, -0.15) is 0 Å². The van der Waals surface area contributed by atoms with Crippen molar-refractivity contribution in [2.24, 2.45) is 4.99 Å². The Bertz CT molecular complexity index is 549. The van der Waals surface area contributed by atoms with Gasteiger partial charge in [0, 0.05) is 39.8 Å². The summed E-state index contributed by atoms with van der Waals surface area (Å²) in [6.07, 6.45) is 2.56. The molecule has 1 heterocycles. The van der Waals surface area contributed by atoms with Crippen molar-refractivity contribution in [1.82, 2.24) is 15.1 Å². The Morgan fingerprint density at radius 3 is 2.38 bits per heavy atom. The second kappa shape index (κ2) is 11.2. The van der Waals surface area contributed by atoms with E-state index in [1.54, 1.807) is 0 Å². The van der Waals surface area contributed by atoms with Gasteiger partial charge in [-0.1, -0.05) is 38.1 Å². The Labute approximate surface area is 159 Å². The van der Waals surface area contributed by atoms with E-state index >= 15 is 0 Å². The van der Waals surface area contributed by atoms with E-state index in [0.29, 0.717) is 6.10 Å². The van der Waals surface area contributed by atoms with Crippen LogP contribution in [0.3, 0.4) is 0 Å². The van der Waals surface area contributed by atoms with Gasteiger partial charge < -0.3 is 15.0 Å². The number of nitrogens with zero attached hydrogens (tertiary/aromatic N) is 3. The molecule has 1 aliphatic heterocycles. The van der Waals surface area contributed by atoms with Gasteiger partial charge in [0.05, 0.1) is 6.10 Å². The molecule has 5 heteroatoms. The third-order valence-corrected chi connectivity index (χ3v) is 5.20. The van der Waals surface area contributed by atoms with Crippen LogP contribution in [0, 0.1) is 0 Å². The van der Waals surface area contributed by atoms with E-state index in [1.165, 1.54) is 11.1 Å². The van der Waals surface area contributed by atoms with Crippen LogP contribution >= 0.6 is 0 Å². The lowest BCUT2D eigenvalue weighted by atomic mass is 10.1. The molecule has 1 aliphatic rings. The number of likely N-dealkylation sites (tertiary alicyclic amines) is 1. The third-order valence-electron chi connectivity index (χ3n) is 5.20. The highest BCUT2D eigenvalue weighted by atomic mass is 16.5. The molecule has 0 radical (unpaired) electrons. The number of hydrogen-bond donors (Lipinski definition) is 1. The van der Waals surface area contributed by atoms with Gasteiger partial charge in [-0.05, 0) is 44.0 Å². The molecule has 1 aromatic rings. The molecular weight excluding hydrogens is 324 g/mol. The van der Waals surface area contributed by atoms with E-state index < -0.39 is 0 Å². The average Bonchev–Trinajstić information content (AvgIpc) is 2.69. The normalized spacial score (nSPS) is 16.3. The zero-order valence-electron chi connectivity index (χ0n) is 17.0. The Balaban J connectivity index is 1.93. The van der Waals surface area contributed by atoms with Gasteiger partial charge in [-0.3, -0.25) is 9.89 Å². The van der Waals surface area contributed by atoms with E-state index in [4.69, 9.17) is 4.74 Å². The standard InChI is InChI=1S/C21H36N4O/c1-5-24(6-2)17-19-11-9-8-10-18(19)16-23-21(22-4)25-14-12-20(13-15-25)26-7-3/h8-11,20H,5-7,12-17H2,1-4H3,(H,22,23). The Morgan fingerprint density at radius 2 is 1.81 bits per heavy atom. The summed E-state index contributed by atoms with van der Waals surface area (Å²) in [4.78, 5) is 9.30. The quantitative estimate of drug-likeness (QED) is 0.571. The lowest BCUT2D eigenvalue weighted by Gasteiger charge is -2.34. The average molecular weight is 361 g/mol. The summed E-state index contributed by atoms with van der Waals surface area (Å²) in [5, 5.41) is 3.57. The molecule has 0 bridgehead atoms. The van der Waals surface area contributed by atoms with E-state index in [9.17, 15) is 0 Å². The second-order valence-electron chi connectivity index (χ2n) is 6.77. The molecule has 1 fully saturated rings. The molecule has 2 rings (SSSR count). The van der Waals surface area contributed by atoms with Gasteiger partial charge in [0.1, 0.15) is 0 Å². The molecule has 0 amide bonds. The molecule has 146 valence electrons. The molecule has 0 aromatic heterocycles. The van der Waals surface area contributed by atoms with E-state index in [1.807, 2.05) is 7.05 Å². The minimum absolute atomic E-state index is 0.407. The fourth-order valence-corrected chi connectivity index (χ4v) is 3.55. The second-order valence-corrected chi connectivity index (χ2v) is 6.77. The zero-order chi connectivity index (χ0) is 18.8. The highest BCUT2D eigenvalue weighted by Gasteiger charge is 2.21. The van der Waals surface area contributed by atoms with E-state index in [0.717, 1.165) is 64.7 Å². The summed E-state index contributed by atoms with van der Waals surface area (Å²) < 4.78 is 5.76. The van der Waals surface area contributed by atoms with Crippen molar-refractivity contribution < 1.29 is 4.74 Å². The number of rotatable bonds is 8. The molecule has 0 saturated carbocycles. The highest BCUT2D eigenvalue weighted by Crippen LogP contribution is 2.15. The Morgan fingerprint density at radius 1 is 1.15 bits per heavy atom. The molecule has 5 nitrogen and oxygen atoms in total. The largest absolute Gasteiger partial charge is 0.378 e. The lowest BCUT2D eigenvalue weighted by molar-refractivity contribution is 0.0263. The van der Waals surface area contributed by atoms with Crippen LogP contribution in [-0.4, -0.2) is 61.7 Å². The first-order valence-electron chi connectivity index (χ1n) is 10.1. The molecule has 26 heavy (non-hydrogen) atoms. The summed E-state index contributed by atoms with van der Waals surface area (Å²) >= 11 is 0. The maximum Gasteiger partial charge on any atom is 0.193 e. The Kier molecular flexibility index (Phi) is 8.92. The maximum absolute atomic E-state index is 5.76. The third kappa shape index (κ3) is 5.99. The van der Waals surface area contributed by atoms with Gasteiger partial charge >= 0.3 is 0 Å². The van der Waals surface area contributed by atoms with Crippen LogP contribution in [0.2, 0.25) is 0 Å². The number of ether oxygens (including phenoxy) is 1. The highest BCUT2D eigenvalue weighted by molar-refractivity contribution is 5.80. The number of benzene rings is 1. The van der Waals surface area contributed by atoms with Crippen molar-refractivity contribution in [3.05, 3.63) is 35.4 Å². The van der Waals surface area contributed by atoms with Crippen molar-refractivity contribution in [3.63, 3.8) is 0 Å². The van der Waals surface area contributed by atoms with Crippen LogP contribution in [0.4, 0.5) is 0 Å². The first kappa shape index (κ1) is 20.7. The van der Waals surface area contributed by atoms with Crippen molar-refractivity contribution in [2.45, 2.75) is 52.8 Å². The van der Waals surface area contributed by atoms with Crippen LogP contribution in [0.15, 0.2) is 29.3 Å². The molecule has 0 atom stereocenters. The van der Waals surface area contributed by atoms with Crippen molar-refractivity contribution in [3.8, 4) is 0 Å². The summed E-state index contributed by atoms with van der Waals surface area (Å²) in [5.41, 5.74) is 2.75. The van der Waals surface area contributed by atoms with Gasteiger partial charge in [0.2, 0.25) is 0 Å². The van der Waals surface area contributed by atoms with Crippen molar-refractivity contribution in [2.75, 3.05) is 39.8 Å². The predicted molar refractivity (Wildman–Crippen MR) is 109 cm³/mol. The minimum atomic E-state index is 0.407. The first-order chi connectivity index (χ1) is 12.7. The van der Waals surface area contributed by atoms with Gasteiger partial charge in [-0.15, -0.1) is 0 Å². The van der Waals surface area contributed by atoms with Crippen LogP contribution < -0.4 is 5.32 Å². The lowest BCUT2D eigenvalue weighted by Crippen LogP contribution is -2.46. The number of nitrogens with one attached hydrogen (secondary N) is 1. The summed E-state index contributed by atoms with van der Waals surface area (Å²) in [7, 11) is 1.87. The van der Waals surface area contributed by atoms with Crippen molar-refractivity contribution >= 4 is 5.96 Å².